The third-order valence-electron chi connectivity index (χ3n) is 6.61. The first-order valence-electron chi connectivity index (χ1n) is 12.4. The van der Waals surface area contributed by atoms with Crippen molar-refractivity contribution in [2.75, 3.05) is 24.2 Å². The summed E-state index contributed by atoms with van der Waals surface area (Å²) in [5.41, 5.74) is 2.26. The van der Waals surface area contributed by atoms with E-state index in [1.165, 1.54) is 18.4 Å². The van der Waals surface area contributed by atoms with Crippen LogP contribution in [0, 0.1) is 6.92 Å². The van der Waals surface area contributed by atoms with Crippen LogP contribution in [0.25, 0.3) is 0 Å². The fourth-order valence-electron chi connectivity index (χ4n) is 4.42. The molecule has 9 heteroatoms. The van der Waals surface area contributed by atoms with Crippen molar-refractivity contribution in [1.82, 2.24) is 10.2 Å². The lowest BCUT2D eigenvalue weighted by Gasteiger charge is -2.33. The molecule has 1 atom stereocenters. The minimum Gasteiger partial charge on any atom is -0.497 e. The smallest absolute Gasteiger partial charge is 0.244 e. The maximum Gasteiger partial charge on any atom is 0.244 e. The van der Waals surface area contributed by atoms with Crippen LogP contribution in [-0.2, 0) is 26.2 Å². The summed E-state index contributed by atoms with van der Waals surface area (Å²) >= 11 is 0. The van der Waals surface area contributed by atoms with E-state index in [0.717, 1.165) is 47.4 Å². The van der Waals surface area contributed by atoms with Gasteiger partial charge in [-0.1, -0.05) is 55.2 Å². The zero-order valence-electron chi connectivity index (χ0n) is 21.6. The Hall–Kier alpha value is -3.07. The van der Waals surface area contributed by atoms with E-state index >= 15 is 0 Å². The lowest BCUT2D eigenvalue weighted by Crippen LogP contribution is -2.52. The molecule has 2 aromatic carbocycles. The molecule has 0 bridgehead atoms. The number of rotatable bonds is 10. The van der Waals surface area contributed by atoms with Gasteiger partial charge < -0.3 is 15.0 Å². The molecule has 36 heavy (non-hydrogen) atoms. The molecule has 1 fully saturated rings. The lowest BCUT2D eigenvalue weighted by atomic mass is 9.95. The number of carbonyl (C=O) groups is 2. The number of benzene rings is 2. The normalized spacial score (nSPS) is 15.1. The van der Waals surface area contributed by atoms with Crippen LogP contribution in [0.1, 0.15) is 50.2 Å². The number of amides is 2. The Morgan fingerprint density at radius 2 is 1.75 bits per heavy atom. The first-order chi connectivity index (χ1) is 17.1. The van der Waals surface area contributed by atoms with Crippen molar-refractivity contribution in [2.24, 2.45) is 0 Å². The SMILES string of the molecule is COc1cccc(N(CC(=O)N(Cc2ccc(C)cc2)[C@@H](C)C(=O)NC2CCCCC2)S(C)(=O)=O)c1. The largest absolute Gasteiger partial charge is 0.497 e. The van der Waals surface area contributed by atoms with E-state index in [-0.39, 0.29) is 18.5 Å². The van der Waals surface area contributed by atoms with E-state index in [2.05, 4.69) is 5.32 Å². The Bertz CT molecular complexity index is 1140. The zero-order chi connectivity index (χ0) is 26.3. The molecule has 3 rings (SSSR count). The Labute approximate surface area is 214 Å². The highest BCUT2D eigenvalue weighted by Gasteiger charge is 2.31. The highest BCUT2D eigenvalue weighted by molar-refractivity contribution is 7.92. The molecule has 0 radical (unpaired) electrons. The molecule has 2 aromatic rings. The molecule has 1 N–H and O–H groups in total. The summed E-state index contributed by atoms with van der Waals surface area (Å²) in [6.45, 7) is 3.43. The summed E-state index contributed by atoms with van der Waals surface area (Å²) in [6, 6.07) is 13.6. The molecule has 1 aliphatic carbocycles. The average molecular weight is 516 g/mol. The van der Waals surface area contributed by atoms with Gasteiger partial charge in [-0.2, -0.15) is 0 Å². The maximum absolute atomic E-state index is 13.6. The van der Waals surface area contributed by atoms with Crippen LogP contribution in [0.15, 0.2) is 48.5 Å². The topological polar surface area (TPSA) is 96.0 Å². The number of anilines is 1. The number of sulfonamides is 1. The number of hydrogen-bond acceptors (Lipinski definition) is 5. The Balaban J connectivity index is 1.87. The van der Waals surface area contributed by atoms with Crippen LogP contribution >= 0.6 is 0 Å². The molecule has 1 saturated carbocycles. The molecular weight excluding hydrogens is 478 g/mol. The van der Waals surface area contributed by atoms with Crippen LogP contribution in [0.3, 0.4) is 0 Å². The van der Waals surface area contributed by atoms with Gasteiger partial charge in [0.2, 0.25) is 21.8 Å². The van der Waals surface area contributed by atoms with Crippen LogP contribution in [-0.4, -0.2) is 57.1 Å². The maximum atomic E-state index is 13.6. The van der Waals surface area contributed by atoms with Gasteiger partial charge in [-0.25, -0.2) is 8.42 Å². The number of nitrogens with zero attached hydrogens (tertiary/aromatic N) is 2. The molecular formula is C27H37N3O5S. The van der Waals surface area contributed by atoms with Crippen LogP contribution in [0.5, 0.6) is 5.75 Å². The van der Waals surface area contributed by atoms with Crippen molar-refractivity contribution < 1.29 is 22.7 Å². The molecule has 0 aliphatic heterocycles. The van der Waals surface area contributed by atoms with E-state index < -0.39 is 28.5 Å². The third-order valence-corrected chi connectivity index (χ3v) is 7.75. The first kappa shape index (κ1) is 27.5. The second kappa shape index (κ2) is 12.3. The predicted molar refractivity (Wildman–Crippen MR) is 141 cm³/mol. The highest BCUT2D eigenvalue weighted by atomic mass is 32.2. The number of nitrogens with one attached hydrogen (secondary N) is 1. The van der Waals surface area contributed by atoms with Gasteiger partial charge in [0.15, 0.2) is 0 Å². The predicted octanol–water partition coefficient (Wildman–Crippen LogP) is 3.64. The molecule has 1 aliphatic rings. The minimum atomic E-state index is -3.79. The molecule has 0 heterocycles. The van der Waals surface area contributed by atoms with E-state index in [0.29, 0.717) is 11.4 Å². The summed E-state index contributed by atoms with van der Waals surface area (Å²) < 4.78 is 31.7. The van der Waals surface area contributed by atoms with Crippen LogP contribution in [0.2, 0.25) is 0 Å². The molecule has 0 aromatic heterocycles. The summed E-state index contributed by atoms with van der Waals surface area (Å²) in [4.78, 5) is 28.3. The van der Waals surface area contributed by atoms with Crippen molar-refractivity contribution in [1.29, 1.82) is 0 Å². The van der Waals surface area contributed by atoms with Gasteiger partial charge in [0.1, 0.15) is 18.3 Å². The van der Waals surface area contributed by atoms with Gasteiger partial charge in [-0.3, -0.25) is 13.9 Å². The summed E-state index contributed by atoms with van der Waals surface area (Å²) in [7, 11) is -2.30. The summed E-state index contributed by atoms with van der Waals surface area (Å²) in [5, 5.41) is 3.10. The first-order valence-corrected chi connectivity index (χ1v) is 14.2. The number of methoxy groups -OCH3 is 1. The van der Waals surface area contributed by atoms with Gasteiger partial charge in [0.05, 0.1) is 19.1 Å². The monoisotopic (exact) mass is 515 g/mol. The quantitative estimate of drug-likeness (QED) is 0.521. The number of carbonyl (C=O) groups excluding carboxylic acids is 2. The van der Waals surface area contributed by atoms with Gasteiger partial charge in [0, 0.05) is 18.7 Å². The van der Waals surface area contributed by atoms with Crippen molar-refractivity contribution in [3.05, 3.63) is 59.7 Å². The van der Waals surface area contributed by atoms with Crippen LogP contribution in [0.4, 0.5) is 5.69 Å². The van der Waals surface area contributed by atoms with Gasteiger partial charge in [-0.15, -0.1) is 0 Å². The summed E-state index contributed by atoms with van der Waals surface area (Å²) in [5.74, 6) is -0.213. The fourth-order valence-corrected chi connectivity index (χ4v) is 5.26. The van der Waals surface area contributed by atoms with Crippen molar-refractivity contribution in [3.63, 3.8) is 0 Å². The van der Waals surface area contributed by atoms with Crippen molar-refractivity contribution >= 4 is 27.5 Å². The number of aryl methyl sites for hydroxylation is 1. The minimum absolute atomic E-state index is 0.106. The Kier molecular flexibility index (Phi) is 9.37. The van der Waals surface area contributed by atoms with E-state index in [1.807, 2.05) is 31.2 Å². The second-order valence-electron chi connectivity index (χ2n) is 9.50. The molecule has 2 amide bonds. The zero-order valence-corrected chi connectivity index (χ0v) is 22.4. The standard InChI is InChI=1S/C27H37N3O5S/c1-20-13-15-22(16-14-20)18-29(21(2)27(32)28-23-9-6-5-7-10-23)26(31)19-30(36(4,33)34)24-11-8-12-25(17-24)35-3/h8,11-17,21,23H,5-7,9-10,18-19H2,1-4H3,(H,28,32)/t21-/m0/s1. The summed E-state index contributed by atoms with van der Waals surface area (Å²) in [6.07, 6.45) is 6.25. The van der Waals surface area contributed by atoms with E-state index in [4.69, 9.17) is 4.74 Å². The highest BCUT2D eigenvalue weighted by Crippen LogP contribution is 2.24. The lowest BCUT2D eigenvalue weighted by molar-refractivity contribution is -0.139. The number of hydrogen-bond donors (Lipinski definition) is 1. The van der Waals surface area contributed by atoms with Gasteiger partial charge in [-0.05, 0) is 44.4 Å². The van der Waals surface area contributed by atoms with Gasteiger partial charge in [0.25, 0.3) is 0 Å². The Morgan fingerprint density at radius 1 is 1.08 bits per heavy atom. The average Bonchev–Trinajstić information content (AvgIpc) is 2.86. The third kappa shape index (κ3) is 7.46. The molecule has 0 saturated heterocycles. The number of ether oxygens (including phenoxy) is 1. The fraction of sp³-hybridized carbons (Fsp3) is 0.481. The van der Waals surface area contributed by atoms with Gasteiger partial charge >= 0.3 is 0 Å². The van der Waals surface area contributed by atoms with Crippen molar-refractivity contribution in [2.45, 2.75) is 64.6 Å². The second-order valence-corrected chi connectivity index (χ2v) is 11.4. The van der Waals surface area contributed by atoms with Crippen LogP contribution < -0.4 is 14.4 Å². The Morgan fingerprint density at radius 3 is 2.36 bits per heavy atom. The molecule has 8 nitrogen and oxygen atoms in total. The van der Waals surface area contributed by atoms with E-state index in [9.17, 15) is 18.0 Å². The van der Waals surface area contributed by atoms with E-state index in [1.54, 1.807) is 31.2 Å². The molecule has 0 spiro atoms. The molecule has 0 unspecified atom stereocenters. The molecule has 196 valence electrons. The van der Waals surface area contributed by atoms with Crippen molar-refractivity contribution in [3.8, 4) is 5.75 Å².